The number of carbonyl (C=O) groups excluding carboxylic acids is 2. The molecule has 0 saturated heterocycles. The van der Waals surface area contributed by atoms with Crippen molar-refractivity contribution in [1.29, 1.82) is 0 Å². The van der Waals surface area contributed by atoms with E-state index in [2.05, 4.69) is 0 Å². The van der Waals surface area contributed by atoms with Crippen molar-refractivity contribution in [3.63, 3.8) is 0 Å². The molecule has 0 aromatic heterocycles. The fourth-order valence-electron chi connectivity index (χ4n) is 1.82. The molecular formula is C11H21N3O2S. The van der Waals surface area contributed by atoms with Gasteiger partial charge in [-0.1, -0.05) is 26.1 Å². The summed E-state index contributed by atoms with van der Waals surface area (Å²) in [6.07, 6.45) is 1.04. The molecule has 0 rings (SSSR count). The fourth-order valence-corrected chi connectivity index (χ4v) is 2.20. The van der Waals surface area contributed by atoms with Crippen molar-refractivity contribution in [2.24, 2.45) is 16.9 Å². The SMILES string of the molecule is CCN(CC(N)=O)C(=O)C(CC)(CC)C(N)=S. The summed E-state index contributed by atoms with van der Waals surface area (Å²) in [7, 11) is 0. The highest BCUT2D eigenvalue weighted by atomic mass is 32.1. The Labute approximate surface area is 108 Å². The Morgan fingerprint density at radius 3 is 1.88 bits per heavy atom. The summed E-state index contributed by atoms with van der Waals surface area (Å²) >= 11 is 5.00. The first kappa shape index (κ1) is 15.8. The number of hydrogen-bond donors (Lipinski definition) is 2. The summed E-state index contributed by atoms with van der Waals surface area (Å²) in [5.74, 6) is -0.749. The molecule has 0 aliphatic rings. The molecule has 0 radical (unpaired) electrons. The molecule has 0 bridgehead atoms. The highest BCUT2D eigenvalue weighted by molar-refractivity contribution is 7.80. The Morgan fingerprint density at radius 2 is 1.65 bits per heavy atom. The molecule has 0 heterocycles. The lowest BCUT2D eigenvalue weighted by molar-refractivity contribution is -0.141. The quantitative estimate of drug-likeness (QED) is 0.648. The van der Waals surface area contributed by atoms with Crippen molar-refractivity contribution in [3.8, 4) is 0 Å². The average molecular weight is 259 g/mol. The maximum Gasteiger partial charge on any atom is 0.237 e. The predicted octanol–water partition coefficient (Wildman–Crippen LogP) is 0.413. The second-order valence-corrected chi connectivity index (χ2v) is 4.38. The molecule has 98 valence electrons. The normalized spacial score (nSPS) is 11.0. The van der Waals surface area contributed by atoms with Crippen LogP contribution < -0.4 is 11.5 Å². The van der Waals surface area contributed by atoms with Gasteiger partial charge in [0.05, 0.1) is 16.9 Å². The fraction of sp³-hybridized carbons (Fsp3) is 0.727. The Bertz CT molecular complexity index is 314. The summed E-state index contributed by atoms with van der Waals surface area (Å²) in [6.45, 7) is 5.82. The summed E-state index contributed by atoms with van der Waals surface area (Å²) in [6, 6.07) is 0. The monoisotopic (exact) mass is 259 g/mol. The number of rotatable bonds is 7. The number of carbonyl (C=O) groups is 2. The Morgan fingerprint density at radius 1 is 1.18 bits per heavy atom. The van der Waals surface area contributed by atoms with Crippen LogP contribution in [0.4, 0.5) is 0 Å². The number of primary amides is 1. The first-order valence-electron chi connectivity index (χ1n) is 5.73. The number of nitrogens with zero attached hydrogens (tertiary/aromatic N) is 1. The zero-order valence-corrected chi connectivity index (χ0v) is 11.5. The van der Waals surface area contributed by atoms with E-state index in [0.29, 0.717) is 19.4 Å². The van der Waals surface area contributed by atoms with Gasteiger partial charge in [0.2, 0.25) is 11.8 Å². The van der Waals surface area contributed by atoms with Gasteiger partial charge in [0.1, 0.15) is 0 Å². The Balaban J connectivity index is 5.18. The standard InChI is InChI=1S/C11H21N3O2S/c1-4-11(5-2,9(13)17)10(16)14(6-3)7-8(12)15/h4-7H2,1-3H3,(H2,12,15)(H2,13,17). The number of nitrogens with two attached hydrogens (primary N) is 2. The van der Waals surface area contributed by atoms with Gasteiger partial charge in [0.25, 0.3) is 0 Å². The molecule has 17 heavy (non-hydrogen) atoms. The molecule has 0 aliphatic heterocycles. The third-order valence-corrected chi connectivity index (χ3v) is 3.49. The van der Waals surface area contributed by atoms with E-state index in [9.17, 15) is 9.59 Å². The Hall–Kier alpha value is -1.17. The lowest BCUT2D eigenvalue weighted by Gasteiger charge is -2.34. The van der Waals surface area contributed by atoms with E-state index < -0.39 is 11.3 Å². The molecule has 5 nitrogen and oxygen atoms in total. The molecule has 2 amide bonds. The van der Waals surface area contributed by atoms with Crippen molar-refractivity contribution in [2.75, 3.05) is 13.1 Å². The molecule has 0 atom stereocenters. The van der Waals surface area contributed by atoms with E-state index in [4.69, 9.17) is 23.7 Å². The highest BCUT2D eigenvalue weighted by Crippen LogP contribution is 2.29. The van der Waals surface area contributed by atoms with Crippen LogP contribution in [0.2, 0.25) is 0 Å². The molecule has 6 heteroatoms. The smallest absolute Gasteiger partial charge is 0.237 e. The van der Waals surface area contributed by atoms with Gasteiger partial charge in [0, 0.05) is 6.54 Å². The van der Waals surface area contributed by atoms with E-state index in [1.165, 1.54) is 4.90 Å². The van der Waals surface area contributed by atoms with Gasteiger partial charge in [-0.3, -0.25) is 9.59 Å². The largest absolute Gasteiger partial charge is 0.392 e. The van der Waals surface area contributed by atoms with Crippen LogP contribution in [0.15, 0.2) is 0 Å². The minimum atomic E-state index is -0.860. The second kappa shape index (κ2) is 6.54. The first-order chi connectivity index (χ1) is 7.85. The average Bonchev–Trinajstić information content (AvgIpc) is 2.27. The minimum Gasteiger partial charge on any atom is -0.392 e. The van der Waals surface area contributed by atoms with Gasteiger partial charge >= 0.3 is 0 Å². The number of amides is 2. The van der Waals surface area contributed by atoms with Crippen LogP contribution in [0.5, 0.6) is 0 Å². The molecule has 0 spiro atoms. The summed E-state index contributed by atoms with van der Waals surface area (Å²) < 4.78 is 0. The maximum atomic E-state index is 12.4. The molecule has 4 N–H and O–H groups in total. The van der Waals surface area contributed by atoms with E-state index in [1.54, 1.807) is 6.92 Å². The minimum absolute atomic E-state index is 0.0975. The maximum absolute atomic E-state index is 12.4. The summed E-state index contributed by atoms with van der Waals surface area (Å²) in [4.78, 5) is 24.9. The zero-order valence-electron chi connectivity index (χ0n) is 10.7. The van der Waals surface area contributed by atoms with E-state index >= 15 is 0 Å². The van der Waals surface area contributed by atoms with E-state index in [1.807, 2.05) is 13.8 Å². The summed E-state index contributed by atoms with van der Waals surface area (Å²) in [5.41, 5.74) is 9.94. The van der Waals surface area contributed by atoms with Crippen molar-refractivity contribution in [1.82, 2.24) is 4.90 Å². The molecular weight excluding hydrogens is 238 g/mol. The third-order valence-electron chi connectivity index (χ3n) is 3.10. The molecule has 0 aliphatic carbocycles. The van der Waals surface area contributed by atoms with Crippen LogP contribution in [-0.2, 0) is 9.59 Å². The van der Waals surface area contributed by atoms with Crippen LogP contribution >= 0.6 is 12.2 Å². The van der Waals surface area contributed by atoms with E-state index in [0.717, 1.165) is 0 Å². The summed E-state index contributed by atoms with van der Waals surface area (Å²) in [5, 5.41) is 0. The molecule has 0 aromatic carbocycles. The van der Waals surface area contributed by atoms with Gasteiger partial charge in [-0.05, 0) is 19.8 Å². The van der Waals surface area contributed by atoms with E-state index in [-0.39, 0.29) is 17.4 Å². The van der Waals surface area contributed by atoms with Crippen molar-refractivity contribution < 1.29 is 9.59 Å². The number of hydrogen-bond acceptors (Lipinski definition) is 3. The van der Waals surface area contributed by atoms with Gasteiger partial charge < -0.3 is 16.4 Å². The third kappa shape index (κ3) is 3.39. The first-order valence-corrected chi connectivity index (χ1v) is 6.14. The van der Waals surface area contributed by atoms with Gasteiger partial charge in [-0.25, -0.2) is 0 Å². The topological polar surface area (TPSA) is 89.4 Å². The zero-order chi connectivity index (χ0) is 13.6. The van der Waals surface area contributed by atoms with Crippen LogP contribution in [0.25, 0.3) is 0 Å². The lowest BCUT2D eigenvalue weighted by Crippen LogP contribution is -2.52. The van der Waals surface area contributed by atoms with Crippen LogP contribution in [0, 0.1) is 5.41 Å². The van der Waals surface area contributed by atoms with Gasteiger partial charge in [-0.15, -0.1) is 0 Å². The van der Waals surface area contributed by atoms with Crippen LogP contribution in [-0.4, -0.2) is 34.8 Å². The molecule has 0 fully saturated rings. The van der Waals surface area contributed by atoms with Crippen LogP contribution in [0.1, 0.15) is 33.6 Å². The highest BCUT2D eigenvalue weighted by Gasteiger charge is 2.40. The molecule has 0 saturated carbocycles. The van der Waals surface area contributed by atoms with Gasteiger partial charge in [-0.2, -0.15) is 0 Å². The second-order valence-electron chi connectivity index (χ2n) is 3.94. The van der Waals surface area contributed by atoms with Crippen molar-refractivity contribution in [3.05, 3.63) is 0 Å². The molecule has 0 unspecified atom stereocenters. The van der Waals surface area contributed by atoms with Crippen LogP contribution in [0.3, 0.4) is 0 Å². The Kier molecular flexibility index (Phi) is 6.09. The predicted molar refractivity (Wildman–Crippen MR) is 71.2 cm³/mol. The lowest BCUT2D eigenvalue weighted by atomic mass is 9.80. The van der Waals surface area contributed by atoms with Gasteiger partial charge in [0.15, 0.2) is 0 Å². The number of thiocarbonyl (C=S) groups is 1. The van der Waals surface area contributed by atoms with Crippen molar-refractivity contribution in [2.45, 2.75) is 33.6 Å². The number of likely N-dealkylation sites (N-methyl/N-ethyl adjacent to an activating group) is 1. The molecule has 0 aromatic rings. The van der Waals surface area contributed by atoms with Crippen molar-refractivity contribution >= 4 is 29.0 Å².